The second-order valence-electron chi connectivity index (χ2n) is 9.56. The first kappa shape index (κ1) is 26.1. The molecule has 37 heavy (non-hydrogen) atoms. The van der Waals surface area contributed by atoms with Crippen molar-refractivity contribution in [3.63, 3.8) is 0 Å². The molecule has 4 rings (SSSR count). The first-order valence-corrected chi connectivity index (χ1v) is 12.1. The smallest absolute Gasteiger partial charge is 0.254 e. The van der Waals surface area contributed by atoms with Gasteiger partial charge in [-0.3, -0.25) is 9.59 Å². The summed E-state index contributed by atoms with van der Waals surface area (Å²) in [6, 6.07) is 12.3. The van der Waals surface area contributed by atoms with Crippen LogP contribution in [0.5, 0.6) is 5.75 Å². The van der Waals surface area contributed by atoms with E-state index in [-0.39, 0.29) is 11.5 Å². The van der Waals surface area contributed by atoms with Gasteiger partial charge in [0, 0.05) is 24.7 Å². The number of fused-ring (bicyclic) bond motifs is 1. The fourth-order valence-corrected chi connectivity index (χ4v) is 4.23. The molecule has 0 aliphatic carbocycles. The molecule has 0 fully saturated rings. The monoisotopic (exact) mass is 508 g/mol. The van der Waals surface area contributed by atoms with Gasteiger partial charge in [-0.2, -0.15) is 5.10 Å². The zero-order valence-electron chi connectivity index (χ0n) is 21.4. The molecule has 0 aliphatic heterocycles. The van der Waals surface area contributed by atoms with E-state index >= 15 is 0 Å². The van der Waals surface area contributed by atoms with Gasteiger partial charge in [0.25, 0.3) is 5.91 Å². The van der Waals surface area contributed by atoms with Gasteiger partial charge in [0.1, 0.15) is 17.7 Å². The summed E-state index contributed by atoms with van der Waals surface area (Å²) in [4.78, 5) is 24.1. The van der Waals surface area contributed by atoms with Crippen molar-refractivity contribution in [2.24, 2.45) is 13.0 Å². The third-order valence-electron chi connectivity index (χ3n) is 6.33. The molecule has 0 spiro atoms. The van der Waals surface area contributed by atoms with E-state index in [9.17, 15) is 18.4 Å². The molecule has 0 bridgehead atoms. The molecule has 9 heteroatoms. The Bertz CT molecular complexity index is 1490. The SMILES string of the molecule is Cc1cc2c(cnn2-c2ccc(=O)n(C)c2)cc1O[C@H](c1cccc(F)c1)[C@@H](NC(=O)C(C)F)C(C)C. The van der Waals surface area contributed by atoms with E-state index in [1.54, 1.807) is 42.3 Å². The van der Waals surface area contributed by atoms with Gasteiger partial charge in [-0.05, 0) is 61.2 Å². The van der Waals surface area contributed by atoms with E-state index in [4.69, 9.17) is 4.74 Å². The summed E-state index contributed by atoms with van der Waals surface area (Å²) >= 11 is 0. The summed E-state index contributed by atoms with van der Waals surface area (Å²) in [6.45, 7) is 6.82. The number of halogens is 2. The minimum absolute atomic E-state index is 0.121. The fourth-order valence-electron chi connectivity index (χ4n) is 4.23. The number of carbonyl (C=O) groups is 1. The number of carbonyl (C=O) groups excluding carboxylic acids is 1. The maximum absolute atomic E-state index is 14.2. The van der Waals surface area contributed by atoms with Crippen molar-refractivity contribution in [2.45, 2.75) is 46.0 Å². The van der Waals surface area contributed by atoms with E-state index < -0.39 is 30.0 Å². The summed E-state index contributed by atoms with van der Waals surface area (Å²) in [7, 11) is 1.68. The van der Waals surface area contributed by atoms with Crippen LogP contribution in [-0.4, -0.2) is 32.5 Å². The molecule has 0 radical (unpaired) electrons. The topological polar surface area (TPSA) is 78.2 Å². The van der Waals surface area contributed by atoms with E-state index in [1.807, 2.05) is 32.9 Å². The number of nitrogens with one attached hydrogen (secondary N) is 1. The third-order valence-corrected chi connectivity index (χ3v) is 6.33. The number of hydrogen-bond donors (Lipinski definition) is 1. The standard InChI is InChI=1S/C28H30F2N4O3/c1-16(2)26(32-28(36)18(4)29)27(19-7-6-8-21(30)12-19)37-24-13-20-14-31-34(23(20)11-17(24)3)22-9-10-25(35)33(5)15-22/h6-16,18,26-27H,1-5H3,(H,32,36)/t18?,26-,27+/m0/s1. The molecule has 2 aromatic carbocycles. The quantitative estimate of drug-likeness (QED) is 0.371. The Balaban J connectivity index is 1.76. The number of rotatable bonds is 8. The molecule has 194 valence electrons. The van der Waals surface area contributed by atoms with Gasteiger partial charge in [0.2, 0.25) is 5.56 Å². The number of ether oxygens (including phenoxy) is 1. The van der Waals surface area contributed by atoms with Crippen LogP contribution in [0.25, 0.3) is 16.6 Å². The average molecular weight is 509 g/mol. The van der Waals surface area contributed by atoms with E-state index in [1.165, 1.54) is 29.7 Å². The van der Waals surface area contributed by atoms with Gasteiger partial charge in [0.15, 0.2) is 6.17 Å². The number of nitrogens with zero attached hydrogens (tertiary/aromatic N) is 3. The van der Waals surface area contributed by atoms with Gasteiger partial charge in [-0.25, -0.2) is 13.5 Å². The number of pyridine rings is 1. The first-order valence-electron chi connectivity index (χ1n) is 12.1. The average Bonchev–Trinajstić information content (AvgIpc) is 3.25. The second kappa shape index (κ2) is 10.5. The number of hydrogen-bond acceptors (Lipinski definition) is 4. The van der Waals surface area contributed by atoms with Crippen molar-refractivity contribution in [3.8, 4) is 11.4 Å². The van der Waals surface area contributed by atoms with Crippen LogP contribution in [0.1, 0.15) is 38.0 Å². The molecule has 3 atom stereocenters. The van der Waals surface area contributed by atoms with E-state index in [0.717, 1.165) is 22.2 Å². The molecule has 0 saturated carbocycles. The minimum atomic E-state index is -1.70. The molecule has 2 heterocycles. The van der Waals surface area contributed by atoms with Gasteiger partial charge in [-0.15, -0.1) is 0 Å². The van der Waals surface area contributed by atoms with Crippen molar-refractivity contribution in [2.75, 3.05) is 0 Å². The van der Waals surface area contributed by atoms with Crippen LogP contribution >= 0.6 is 0 Å². The lowest BCUT2D eigenvalue weighted by atomic mass is 9.92. The molecule has 1 amide bonds. The first-order chi connectivity index (χ1) is 17.5. The maximum Gasteiger partial charge on any atom is 0.254 e. The highest BCUT2D eigenvalue weighted by Gasteiger charge is 2.31. The Morgan fingerprint density at radius 2 is 1.86 bits per heavy atom. The highest BCUT2D eigenvalue weighted by molar-refractivity contribution is 5.83. The van der Waals surface area contributed by atoms with Crippen LogP contribution in [0.4, 0.5) is 8.78 Å². The predicted molar refractivity (Wildman–Crippen MR) is 138 cm³/mol. The Morgan fingerprint density at radius 1 is 1.11 bits per heavy atom. The molecular formula is C28H30F2N4O3. The molecular weight excluding hydrogens is 478 g/mol. The third kappa shape index (κ3) is 5.55. The highest BCUT2D eigenvalue weighted by Crippen LogP contribution is 2.33. The van der Waals surface area contributed by atoms with Crippen molar-refractivity contribution in [1.82, 2.24) is 19.7 Å². The maximum atomic E-state index is 14.2. The lowest BCUT2D eigenvalue weighted by molar-refractivity contribution is -0.127. The summed E-state index contributed by atoms with van der Waals surface area (Å²) in [5.41, 5.74) is 2.72. The van der Waals surface area contributed by atoms with Gasteiger partial charge in [-0.1, -0.05) is 26.0 Å². The molecule has 2 aromatic heterocycles. The lowest BCUT2D eigenvalue weighted by Crippen LogP contribution is -2.47. The van der Waals surface area contributed by atoms with Crippen LogP contribution in [0.2, 0.25) is 0 Å². The number of amides is 1. The Labute approximate surface area is 213 Å². The van der Waals surface area contributed by atoms with Crippen molar-refractivity contribution in [3.05, 3.63) is 88.2 Å². The summed E-state index contributed by atoms with van der Waals surface area (Å²) in [5.74, 6) is -0.818. The zero-order valence-corrected chi connectivity index (χ0v) is 21.4. The number of aromatic nitrogens is 3. The van der Waals surface area contributed by atoms with Crippen LogP contribution in [-0.2, 0) is 11.8 Å². The van der Waals surface area contributed by atoms with Crippen molar-refractivity contribution >= 4 is 16.8 Å². The van der Waals surface area contributed by atoms with Gasteiger partial charge < -0.3 is 14.6 Å². The zero-order chi connectivity index (χ0) is 26.9. The molecule has 0 aliphatic rings. The van der Waals surface area contributed by atoms with Gasteiger partial charge >= 0.3 is 0 Å². The van der Waals surface area contributed by atoms with Crippen LogP contribution in [0, 0.1) is 18.7 Å². The molecule has 1 N–H and O–H groups in total. The second-order valence-corrected chi connectivity index (χ2v) is 9.56. The molecule has 4 aromatic rings. The number of benzene rings is 2. The van der Waals surface area contributed by atoms with Crippen LogP contribution < -0.4 is 15.6 Å². The van der Waals surface area contributed by atoms with Gasteiger partial charge in [0.05, 0.1) is 23.4 Å². The fraction of sp³-hybridized carbons (Fsp3) is 0.321. The number of aryl methyl sites for hydroxylation is 2. The van der Waals surface area contributed by atoms with Crippen molar-refractivity contribution < 1.29 is 18.3 Å². The van der Waals surface area contributed by atoms with Crippen LogP contribution in [0.15, 0.2) is 65.7 Å². The van der Waals surface area contributed by atoms with E-state index in [2.05, 4.69) is 10.4 Å². The normalized spacial score (nSPS) is 13.9. The predicted octanol–water partition coefficient (Wildman–Crippen LogP) is 4.79. The largest absolute Gasteiger partial charge is 0.483 e. The van der Waals surface area contributed by atoms with Crippen molar-refractivity contribution in [1.29, 1.82) is 0 Å². The lowest BCUT2D eigenvalue weighted by Gasteiger charge is -2.32. The number of alkyl halides is 1. The Morgan fingerprint density at radius 3 is 2.51 bits per heavy atom. The molecule has 0 saturated heterocycles. The highest BCUT2D eigenvalue weighted by atomic mass is 19.1. The summed E-state index contributed by atoms with van der Waals surface area (Å²) < 4.78 is 37.6. The Kier molecular flexibility index (Phi) is 7.42. The minimum Gasteiger partial charge on any atom is -0.483 e. The Hall–Kier alpha value is -4.01. The van der Waals surface area contributed by atoms with E-state index in [0.29, 0.717) is 11.3 Å². The summed E-state index contributed by atoms with van der Waals surface area (Å²) in [5, 5.41) is 8.01. The van der Waals surface area contributed by atoms with Crippen LogP contribution in [0.3, 0.4) is 0 Å². The summed E-state index contributed by atoms with van der Waals surface area (Å²) in [6.07, 6.45) is 0.913. The molecule has 1 unspecified atom stereocenters. The molecule has 7 nitrogen and oxygen atoms in total.